The van der Waals surface area contributed by atoms with Crippen molar-refractivity contribution in [3.8, 4) is 17.0 Å². The fourth-order valence-electron chi connectivity index (χ4n) is 3.52. The molecule has 0 aliphatic carbocycles. The molecule has 0 spiro atoms. The van der Waals surface area contributed by atoms with E-state index < -0.39 is 0 Å². The Bertz CT molecular complexity index is 1200. The molecule has 0 unspecified atom stereocenters. The minimum absolute atomic E-state index is 0.173. The number of fused-ring (bicyclic) bond motifs is 1. The molecule has 0 atom stereocenters. The van der Waals surface area contributed by atoms with Crippen LogP contribution < -0.4 is 10.1 Å². The van der Waals surface area contributed by atoms with Gasteiger partial charge in [-0.1, -0.05) is 48.0 Å². The summed E-state index contributed by atoms with van der Waals surface area (Å²) in [7, 11) is 1.61. The van der Waals surface area contributed by atoms with Crippen molar-refractivity contribution in [3.63, 3.8) is 0 Å². The highest BCUT2D eigenvalue weighted by molar-refractivity contribution is 6.13. The van der Waals surface area contributed by atoms with Gasteiger partial charge >= 0.3 is 0 Å². The molecule has 0 radical (unpaired) electrons. The molecule has 1 aromatic heterocycles. The molecule has 4 aromatic rings. The van der Waals surface area contributed by atoms with Crippen LogP contribution >= 0.6 is 0 Å². The molecule has 4 heteroatoms. The predicted molar refractivity (Wildman–Crippen MR) is 118 cm³/mol. The molecule has 0 bridgehead atoms. The van der Waals surface area contributed by atoms with E-state index in [-0.39, 0.29) is 5.91 Å². The average molecular weight is 382 g/mol. The van der Waals surface area contributed by atoms with Gasteiger partial charge in [0.2, 0.25) is 0 Å². The maximum Gasteiger partial charge on any atom is 0.256 e. The van der Waals surface area contributed by atoms with E-state index in [2.05, 4.69) is 11.4 Å². The first-order valence-electron chi connectivity index (χ1n) is 9.48. The first-order valence-corrected chi connectivity index (χ1v) is 9.48. The summed E-state index contributed by atoms with van der Waals surface area (Å²) < 4.78 is 5.26. The Labute approximate surface area is 170 Å². The van der Waals surface area contributed by atoms with Crippen molar-refractivity contribution in [2.75, 3.05) is 12.4 Å². The summed E-state index contributed by atoms with van der Waals surface area (Å²) in [6, 6.07) is 23.2. The number of ether oxygens (including phenoxy) is 1. The zero-order chi connectivity index (χ0) is 20.4. The maximum atomic E-state index is 13.3. The summed E-state index contributed by atoms with van der Waals surface area (Å²) >= 11 is 0. The Morgan fingerprint density at radius 3 is 2.48 bits per heavy atom. The number of nitrogens with zero attached hydrogens (tertiary/aromatic N) is 1. The number of aromatic nitrogens is 1. The molecule has 0 saturated carbocycles. The van der Waals surface area contributed by atoms with Crippen LogP contribution in [-0.2, 0) is 0 Å². The van der Waals surface area contributed by atoms with Crippen LogP contribution in [0.15, 0.2) is 72.8 Å². The fraction of sp³-hybridized carbons (Fsp3) is 0.120. The standard InChI is InChI=1S/C25H22N2O2/c1-16-12-17(2)24-21(13-16)22(15-23(27-24)18-8-5-4-6-9-18)25(28)26-19-10-7-11-20(14-19)29-3/h4-15H,1-3H3,(H,26,28). The number of aryl methyl sites for hydroxylation is 2. The second-order valence-corrected chi connectivity index (χ2v) is 7.09. The lowest BCUT2D eigenvalue weighted by molar-refractivity contribution is 0.102. The lowest BCUT2D eigenvalue weighted by atomic mass is 9.99. The number of hydrogen-bond donors (Lipinski definition) is 1. The van der Waals surface area contributed by atoms with E-state index >= 15 is 0 Å². The SMILES string of the molecule is COc1cccc(NC(=O)c2cc(-c3ccccc3)nc3c(C)cc(C)cc23)c1. The summed E-state index contributed by atoms with van der Waals surface area (Å²) in [5, 5.41) is 3.85. The average Bonchev–Trinajstić information content (AvgIpc) is 2.74. The summed E-state index contributed by atoms with van der Waals surface area (Å²) in [6.07, 6.45) is 0. The van der Waals surface area contributed by atoms with Gasteiger partial charge in [0.25, 0.3) is 5.91 Å². The Hall–Kier alpha value is -3.66. The van der Waals surface area contributed by atoms with Crippen molar-refractivity contribution in [1.29, 1.82) is 0 Å². The van der Waals surface area contributed by atoms with Gasteiger partial charge in [-0.2, -0.15) is 0 Å². The third-order valence-corrected chi connectivity index (χ3v) is 4.89. The molecule has 0 aliphatic rings. The molecule has 29 heavy (non-hydrogen) atoms. The molecule has 0 aliphatic heterocycles. The first-order chi connectivity index (χ1) is 14.0. The monoisotopic (exact) mass is 382 g/mol. The van der Waals surface area contributed by atoms with Crippen molar-refractivity contribution in [3.05, 3.63) is 89.5 Å². The Morgan fingerprint density at radius 1 is 0.931 bits per heavy atom. The molecule has 1 amide bonds. The second-order valence-electron chi connectivity index (χ2n) is 7.09. The molecule has 3 aromatic carbocycles. The van der Waals surface area contributed by atoms with Crippen LogP contribution in [0.3, 0.4) is 0 Å². The number of hydrogen-bond acceptors (Lipinski definition) is 3. The lowest BCUT2D eigenvalue weighted by Gasteiger charge is -2.13. The highest BCUT2D eigenvalue weighted by atomic mass is 16.5. The molecule has 1 heterocycles. The van der Waals surface area contributed by atoms with Crippen LogP contribution in [0.5, 0.6) is 5.75 Å². The number of nitrogens with one attached hydrogen (secondary N) is 1. The number of carbonyl (C=O) groups excluding carboxylic acids is 1. The van der Waals surface area contributed by atoms with Crippen molar-refractivity contribution in [2.45, 2.75) is 13.8 Å². The quantitative estimate of drug-likeness (QED) is 0.487. The molecular weight excluding hydrogens is 360 g/mol. The van der Waals surface area contributed by atoms with Crippen molar-refractivity contribution < 1.29 is 9.53 Å². The molecule has 4 nitrogen and oxygen atoms in total. The number of benzene rings is 3. The van der Waals surface area contributed by atoms with Gasteiger partial charge in [-0.15, -0.1) is 0 Å². The fourth-order valence-corrected chi connectivity index (χ4v) is 3.52. The van der Waals surface area contributed by atoms with Crippen molar-refractivity contribution in [2.24, 2.45) is 0 Å². The number of anilines is 1. The highest BCUT2D eigenvalue weighted by Gasteiger charge is 2.16. The van der Waals surface area contributed by atoms with Crippen molar-refractivity contribution >= 4 is 22.5 Å². The van der Waals surface area contributed by atoms with Crippen LogP contribution in [0.25, 0.3) is 22.2 Å². The zero-order valence-electron chi connectivity index (χ0n) is 16.7. The zero-order valence-corrected chi connectivity index (χ0v) is 16.7. The van der Waals surface area contributed by atoms with E-state index in [0.29, 0.717) is 17.0 Å². The van der Waals surface area contributed by atoms with E-state index in [1.165, 1.54) is 0 Å². The van der Waals surface area contributed by atoms with Gasteiger partial charge in [0.1, 0.15) is 5.75 Å². The summed E-state index contributed by atoms with van der Waals surface area (Å²) in [5.74, 6) is 0.520. The number of pyridine rings is 1. The third kappa shape index (κ3) is 3.83. The van der Waals surface area contributed by atoms with Gasteiger partial charge in [0.15, 0.2) is 0 Å². The second kappa shape index (κ2) is 7.76. The summed E-state index contributed by atoms with van der Waals surface area (Å²) in [4.78, 5) is 18.1. The molecule has 0 fully saturated rings. The lowest BCUT2D eigenvalue weighted by Crippen LogP contribution is -2.13. The molecule has 0 saturated heterocycles. The summed E-state index contributed by atoms with van der Waals surface area (Å²) in [6.45, 7) is 4.06. The van der Waals surface area contributed by atoms with Gasteiger partial charge in [-0.05, 0) is 43.7 Å². The third-order valence-electron chi connectivity index (χ3n) is 4.89. The highest BCUT2D eigenvalue weighted by Crippen LogP contribution is 2.29. The number of methoxy groups -OCH3 is 1. The van der Waals surface area contributed by atoms with E-state index in [1.807, 2.05) is 74.5 Å². The number of rotatable bonds is 4. The van der Waals surface area contributed by atoms with Gasteiger partial charge in [-0.25, -0.2) is 4.98 Å². The Kier molecular flexibility index (Phi) is 5.00. The molecule has 4 rings (SSSR count). The van der Waals surface area contributed by atoms with Gasteiger partial charge in [0.05, 0.1) is 23.9 Å². The van der Waals surface area contributed by atoms with E-state index in [1.54, 1.807) is 13.2 Å². The topological polar surface area (TPSA) is 51.2 Å². The maximum absolute atomic E-state index is 13.3. The molecule has 144 valence electrons. The first kappa shape index (κ1) is 18.7. The van der Waals surface area contributed by atoms with Crippen LogP contribution in [-0.4, -0.2) is 18.0 Å². The van der Waals surface area contributed by atoms with Crippen LogP contribution in [0.4, 0.5) is 5.69 Å². The van der Waals surface area contributed by atoms with E-state index in [9.17, 15) is 4.79 Å². The van der Waals surface area contributed by atoms with Crippen molar-refractivity contribution in [1.82, 2.24) is 4.98 Å². The Balaban J connectivity index is 1.86. The van der Waals surface area contributed by atoms with Crippen LogP contribution in [0, 0.1) is 13.8 Å². The molecular formula is C25H22N2O2. The van der Waals surface area contributed by atoms with Gasteiger partial charge < -0.3 is 10.1 Å². The normalized spacial score (nSPS) is 10.7. The van der Waals surface area contributed by atoms with Gasteiger partial charge in [0, 0.05) is 22.7 Å². The smallest absolute Gasteiger partial charge is 0.256 e. The van der Waals surface area contributed by atoms with Gasteiger partial charge in [-0.3, -0.25) is 4.79 Å². The predicted octanol–water partition coefficient (Wildman–Crippen LogP) is 5.78. The van der Waals surface area contributed by atoms with E-state index in [0.717, 1.165) is 33.3 Å². The van der Waals surface area contributed by atoms with Crippen LogP contribution in [0.2, 0.25) is 0 Å². The number of carbonyl (C=O) groups is 1. The minimum Gasteiger partial charge on any atom is -0.497 e. The molecule has 1 N–H and O–H groups in total. The largest absolute Gasteiger partial charge is 0.497 e. The Morgan fingerprint density at radius 2 is 1.72 bits per heavy atom. The van der Waals surface area contributed by atoms with Crippen LogP contribution in [0.1, 0.15) is 21.5 Å². The minimum atomic E-state index is -0.173. The number of amides is 1. The summed E-state index contributed by atoms with van der Waals surface area (Å²) in [5.41, 5.74) is 6.03. The van der Waals surface area contributed by atoms with E-state index in [4.69, 9.17) is 9.72 Å².